The monoisotopic (exact) mass is 253 g/mol. The Bertz CT molecular complexity index is 426. The largest absolute Gasteiger partial charge is 0.358 e. The van der Waals surface area contributed by atoms with Crippen LogP contribution in [0.15, 0.2) is 0 Å². The number of hydrogen-bond donors (Lipinski definition) is 2. The van der Waals surface area contributed by atoms with E-state index in [4.69, 9.17) is 0 Å². The van der Waals surface area contributed by atoms with Gasteiger partial charge in [-0.25, -0.2) is 4.79 Å². The van der Waals surface area contributed by atoms with E-state index < -0.39 is 29.2 Å². The molecule has 18 heavy (non-hydrogen) atoms. The molecule has 1 saturated heterocycles. The van der Waals surface area contributed by atoms with E-state index in [9.17, 15) is 19.2 Å². The van der Waals surface area contributed by atoms with Crippen molar-refractivity contribution in [1.29, 1.82) is 0 Å². The molecule has 0 aromatic carbocycles. The molecule has 2 fully saturated rings. The summed E-state index contributed by atoms with van der Waals surface area (Å²) in [6.07, 6.45) is 2.44. The molecule has 0 radical (unpaired) electrons. The zero-order valence-corrected chi connectivity index (χ0v) is 10.1. The van der Waals surface area contributed by atoms with Gasteiger partial charge in [-0.2, -0.15) is 0 Å². The molecule has 0 atom stereocenters. The highest BCUT2D eigenvalue weighted by Crippen LogP contribution is 2.41. The zero-order valence-electron chi connectivity index (χ0n) is 10.1. The lowest BCUT2D eigenvalue weighted by molar-refractivity contribution is -0.152. The van der Waals surface area contributed by atoms with Gasteiger partial charge in [0.2, 0.25) is 17.7 Å². The second-order valence-corrected chi connectivity index (χ2v) is 4.61. The molecule has 2 aliphatic rings. The second kappa shape index (κ2) is 4.40. The lowest BCUT2D eigenvalue weighted by atomic mass is 9.82. The maximum atomic E-state index is 12.3. The SMILES string of the molecule is CNC(=O)CN1C(=O)NC(=O)C2(CCCC2)C1=O. The summed E-state index contributed by atoms with van der Waals surface area (Å²) >= 11 is 0. The van der Waals surface area contributed by atoms with Crippen molar-refractivity contribution in [3.05, 3.63) is 0 Å². The van der Waals surface area contributed by atoms with Crippen LogP contribution >= 0.6 is 0 Å². The number of nitrogens with zero attached hydrogens (tertiary/aromatic N) is 1. The minimum absolute atomic E-state index is 0.351. The number of hydrogen-bond acceptors (Lipinski definition) is 4. The molecule has 7 heteroatoms. The van der Waals surface area contributed by atoms with E-state index in [-0.39, 0.29) is 6.54 Å². The Kier molecular flexibility index (Phi) is 3.06. The van der Waals surface area contributed by atoms with Crippen molar-refractivity contribution >= 4 is 23.8 Å². The molecule has 2 rings (SSSR count). The van der Waals surface area contributed by atoms with Crippen LogP contribution in [-0.2, 0) is 14.4 Å². The van der Waals surface area contributed by atoms with Gasteiger partial charge in [0.15, 0.2) is 0 Å². The second-order valence-electron chi connectivity index (χ2n) is 4.61. The highest BCUT2D eigenvalue weighted by Gasteiger charge is 2.55. The normalized spacial score (nSPS) is 22.3. The van der Waals surface area contributed by atoms with Crippen LogP contribution in [0.1, 0.15) is 25.7 Å². The van der Waals surface area contributed by atoms with Crippen molar-refractivity contribution in [3.8, 4) is 0 Å². The standard InChI is InChI=1S/C11H15N3O4/c1-12-7(15)6-14-9(17)11(4-2-3-5-11)8(16)13-10(14)18/h2-6H2,1H3,(H,12,15)(H,13,16,18). The van der Waals surface area contributed by atoms with Crippen LogP contribution in [0.25, 0.3) is 0 Å². The van der Waals surface area contributed by atoms with Crippen LogP contribution in [0.2, 0.25) is 0 Å². The van der Waals surface area contributed by atoms with E-state index in [2.05, 4.69) is 10.6 Å². The number of likely N-dealkylation sites (N-methyl/N-ethyl adjacent to an activating group) is 1. The number of urea groups is 1. The summed E-state index contributed by atoms with van der Waals surface area (Å²) in [6, 6.07) is -0.814. The smallest absolute Gasteiger partial charge is 0.331 e. The number of nitrogens with one attached hydrogen (secondary N) is 2. The number of carbonyl (C=O) groups is 4. The van der Waals surface area contributed by atoms with Gasteiger partial charge in [0.05, 0.1) is 0 Å². The average Bonchev–Trinajstić information content (AvgIpc) is 2.83. The van der Waals surface area contributed by atoms with E-state index >= 15 is 0 Å². The molecule has 0 aromatic rings. The molecular formula is C11H15N3O4. The molecule has 98 valence electrons. The fraction of sp³-hybridized carbons (Fsp3) is 0.636. The Morgan fingerprint density at radius 1 is 1.33 bits per heavy atom. The fourth-order valence-electron chi connectivity index (χ4n) is 2.52. The average molecular weight is 253 g/mol. The molecular weight excluding hydrogens is 238 g/mol. The van der Waals surface area contributed by atoms with Gasteiger partial charge in [0, 0.05) is 7.05 Å². The Balaban J connectivity index is 2.25. The quantitative estimate of drug-likeness (QED) is 0.640. The molecule has 1 spiro atoms. The minimum Gasteiger partial charge on any atom is -0.358 e. The predicted molar refractivity (Wildman–Crippen MR) is 60.2 cm³/mol. The van der Waals surface area contributed by atoms with Crippen LogP contribution in [-0.4, -0.2) is 42.2 Å². The minimum atomic E-state index is -1.14. The molecule has 2 N–H and O–H groups in total. The van der Waals surface area contributed by atoms with Crippen LogP contribution in [0.4, 0.5) is 4.79 Å². The molecule has 1 aliphatic carbocycles. The van der Waals surface area contributed by atoms with Gasteiger partial charge in [-0.15, -0.1) is 0 Å². The van der Waals surface area contributed by atoms with Gasteiger partial charge in [-0.05, 0) is 12.8 Å². The van der Waals surface area contributed by atoms with Crippen molar-refractivity contribution in [2.45, 2.75) is 25.7 Å². The van der Waals surface area contributed by atoms with Crippen LogP contribution in [0.3, 0.4) is 0 Å². The van der Waals surface area contributed by atoms with E-state index in [1.807, 2.05) is 0 Å². The molecule has 5 amide bonds. The van der Waals surface area contributed by atoms with E-state index in [0.717, 1.165) is 17.7 Å². The van der Waals surface area contributed by atoms with Gasteiger partial charge in [-0.3, -0.25) is 24.6 Å². The van der Waals surface area contributed by atoms with Crippen molar-refractivity contribution in [2.75, 3.05) is 13.6 Å². The summed E-state index contributed by atoms with van der Waals surface area (Å²) in [5.74, 6) is -1.51. The highest BCUT2D eigenvalue weighted by atomic mass is 16.2. The number of carbonyl (C=O) groups excluding carboxylic acids is 4. The van der Waals surface area contributed by atoms with Crippen molar-refractivity contribution in [2.24, 2.45) is 5.41 Å². The van der Waals surface area contributed by atoms with Crippen molar-refractivity contribution in [1.82, 2.24) is 15.5 Å². The summed E-state index contributed by atoms with van der Waals surface area (Å²) in [6.45, 7) is -0.351. The van der Waals surface area contributed by atoms with Gasteiger partial charge in [0.25, 0.3) is 0 Å². The number of amides is 5. The van der Waals surface area contributed by atoms with E-state index in [1.165, 1.54) is 7.05 Å². The van der Waals surface area contributed by atoms with Crippen LogP contribution in [0, 0.1) is 5.41 Å². The first-order valence-electron chi connectivity index (χ1n) is 5.89. The Labute approximate surface area is 104 Å². The molecule has 1 saturated carbocycles. The van der Waals surface area contributed by atoms with Crippen molar-refractivity contribution < 1.29 is 19.2 Å². The van der Waals surface area contributed by atoms with Crippen LogP contribution in [0.5, 0.6) is 0 Å². The summed E-state index contributed by atoms with van der Waals surface area (Å²) in [7, 11) is 1.42. The van der Waals surface area contributed by atoms with Gasteiger partial charge in [-0.1, -0.05) is 12.8 Å². The maximum absolute atomic E-state index is 12.3. The Morgan fingerprint density at radius 3 is 2.50 bits per heavy atom. The molecule has 0 unspecified atom stereocenters. The predicted octanol–water partition coefficient (Wildman–Crippen LogP) is -0.629. The molecule has 0 aromatic heterocycles. The Morgan fingerprint density at radius 2 is 1.94 bits per heavy atom. The van der Waals surface area contributed by atoms with Crippen molar-refractivity contribution in [3.63, 3.8) is 0 Å². The van der Waals surface area contributed by atoms with Crippen LogP contribution < -0.4 is 10.6 Å². The lowest BCUT2D eigenvalue weighted by Crippen LogP contribution is -2.64. The first-order chi connectivity index (χ1) is 8.51. The van der Waals surface area contributed by atoms with Gasteiger partial charge in [0.1, 0.15) is 12.0 Å². The molecule has 0 bridgehead atoms. The fourth-order valence-corrected chi connectivity index (χ4v) is 2.52. The molecule has 1 aliphatic heterocycles. The first kappa shape index (κ1) is 12.5. The summed E-state index contributed by atoms with van der Waals surface area (Å²) < 4.78 is 0. The Hall–Kier alpha value is -1.92. The zero-order chi connectivity index (χ0) is 13.3. The summed E-state index contributed by atoms with van der Waals surface area (Å²) in [4.78, 5) is 47.9. The summed E-state index contributed by atoms with van der Waals surface area (Å²) in [5, 5.41) is 4.52. The highest BCUT2D eigenvalue weighted by molar-refractivity contribution is 6.20. The molecule has 1 heterocycles. The lowest BCUT2D eigenvalue weighted by Gasteiger charge is -2.36. The number of rotatable bonds is 2. The number of imide groups is 2. The van der Waals surface area contributed by atoms with Gasteiger partial charge < -0.3 is 5.32 Å². The third-order valence-corrected chi connectivity index (χ3v) is 3.59. The number of barbiturate groups is 1. The first-order valence-corrected chi connectivity index (χ1v) is 5.89. The van der Waals surface area contributed by atoms with E-state index in [1.54, 1.807) is 0 Å². The topological polar surface area (TPSA) is 95.6 Å². The maximum Gasteiger partial charge on any atom is 0.331 e. The molecule has 7 nitrogen and oxygen atoms in total. The van der Waals surface area contributed by atoms with Gasteiger partial charge >= 0.3 is 6.03 Å². The van der Waals surface area contributed by atoms with E-state index in [0.29, 0.717) is 12.8 Å². The summed E-state index contributed by atoms with van der Waals surface area (Å²) in [5.41, 5.74) is -1.14. The third-order valence-electron chi connectivity index (χ3n) is 3.59. The third kappa shape index (κ3) is 1.75.